The SMILES string of the molecule is O=C(O)c1ccc(N2CC[C@H](O)[C@H](O)C2)cc1. The van der Waals surface area contributed by atoms with Crippen molar-refractivity contribution in [2.45, 2.75) is 18.6 Å². The van der Waals surface area contributed by atoms with Crippen molar-refractivity contribution in [1.82, 2.24) is 0 Å². The van der Waals surface area contributed by atoms with Crippen LogP contribution in [0.3, 0.4) is 0 Å². The lowest BCUT2D eigenvalue weighted by molar-refractivity contribution is 0.00802. The molecule has 1 aliphatic rings. The van der Waals surface area contributed by atoms with E-state index in [0.29, 0.717) is 19.5 Å². The van der Waals surface area contributed by atoms with Crippen LogP contribution in [0, 0.1) is 0 Å². The molecule has 1 heterocycles. The number of carbonyl (C=O) groups is 1. The molecule has 5 nitrogen and oxygen atoms in total. The van der Waals surface area contributed by atoms with Crippen molar-refractivity contribution in [2.24, 2.45) is 0 Å². The van der Waals surface area contributed by atoms with Crippen molar-refractivity contribution < 1.29 is 20.1 Å². The first-order valence-corrected chi connectivity index (χ1v) is 5.52. The minimum atomic E-state index is -0.953. The first-order valence-electron chi connectivity index (χ1n) is 5.52. The summed E-state index contributed by atoms with van der Waals surface area (Å²) in [7, 11) is 0. The van der Waals surface area contributed by atoms with Gasteiger partial charge in [-0.25, -0.2) is 4.79 Å². The number of nitrogens with zero attached hydrogens (tertiary/aromatic N) is 1. The quantitative estimate of drug-likeness (QED) is 0.690. The fourth-order valence-electron chi connectivity index (χ4n) is 1.97. The predicted molar refractivity (Wildman–Crippen MR) is 62.2 cm³/mol. The number of benzene rings is 1. The summed E-state index contributed by atoms with van der Waals surface area (Å²) in [6.45, 7) is 1.03. The topological polar surface area (TPSA) is 81.0 Å². The maximum Gasteiger partial charge on any atom is 0.335 e. The predicted octanol–water partition coefficient (Wildman–Crippen LogP) is 0.317. The van der Waals surface area contributed by atoms with Gasteiger partial charge in [-0.2, -0.15) is 0 Å². The molecule has 1 aromatic carbocycles. The van der Waals surface area contributed by atoms with Gasteiger partial charge >= 0.3 is 5.97 Å². The Morgan fingerprint density at radius 2 is 1.82 bits per heavy atom. The van der Waals surface area contributed by atoms with Crippen LogP contribution in [0.4, 0.5) is 5.69 Å². The number of hydrogen-bond donors (Lipinski definition) is 3. The van der Waals surface area contributed by atoms with Gasteiger partial charge in [0, 0.05) is 18.8 Å². The maximum absolute atomic E-state index is 10.7. The normalized spacial score (nSPS) is 24.7. The van der Waals surface area contributed by atoms with E-state index in [9.17, 15) is 15.0 Å². The van der Waals surface area contributed by atoms with E-state index in [1.807, 2.05) is 4.90 Å². The number of anilines is 1. The van der Waals surface area contributed by atoms with E-state index in [0.717, 1.165) is 5.69 Å². The molecule has 2 atom stereocenters. The van der Waals surface area contributed by atoms with E-state index in [-0.39, 0.29) is 5.56 Å². The Morgan fingerprint density at radius 3 is 2.35 bits per heavy atom. The molecule has 0 amide bonds. The number of carboxylic acid groups (broad SMARTS) is 1. The highest BCUT2D eigenvalue weighted by molar-refractivity contribution is 5.88. The number of aromatic carboxylic acids is 1. The van der Waals surface area contributed by atoms with Gasteiger partial charge in [-0.15, -0.1) is 0 Å². The van der Waals surface area contributed by atoms with Crippen LogP contribution < -0.4 is 4.90 Å². The third-order valence-electron chi connectivity index (χ3n) is 3.03. The van der Waals surface area contributed by atoms with Crippen LogP contribution in [-0.2, 0) is 0 Å². The van der Waals surface area contributed by atoms with E-state index in [2.05, 4.69) is 0 Å². The van der Waals surface area contributed by atoms with E-state index in [4.69, 9.17) is 5.11 Å². The Kier molecular flexibility index (Phi) is 3.31. The van der Waals surface area contributed by atoms with E-state index >= 15 is 0 Å². The number of aliphatic hydroxyl groups is 2. The number of piperidine rings is 1. The molecule has 0 saturated carbocycles. The Labute approximate surface area is 98.9 Å². The number of hydrogen-bond acceptors (Lipinski definition) is 4. The summed E-state index contributed by atoms with van der Waals surface area (Å²) in [6.07, 6.45) is -0.894. The lowest BCUT2D eigenvalue weighted by Gasteiger charge is -2.35. The van der Waals surface area contributed by atoms with Gasteiger partial charge in [0.05, 0.1) is 17.8 Å². The summed E-state index contributed by atoms with van der Waals surface area (Å²) in [5.74, 6) is -0.953. The summed E-state index contributed by atoms with van der Waals surface area (Å²) in [5.41, 5.74) is 1.10. The van der Waals surface area contributed by atoms with E-state index in [1.165, 1.54) is 12.1 Å². The fourth-order valence-corrected chi connectivity index (χ4v) is 1.97. The van der Waals surface area contributed by atoms with Crippen molar-refractivity contribution in [3.63, 3.8) is 0 Å². The summed E-state index contributed by atoms with van der Waals surface area (Å²) < 4.78 is 0. The number of rotatable bonds is 2. The molecular weight excluding hydrogens is 222 g/mol. The average molecular weight is 237 g/mol. The van der Waals surface area contributed by atoms with Crippen molar-refractivity contribution in [3.05, 3.63) is 29.8 Å². The highest BCUT2D eigenvalue weighted by Crippen LogP contribution is 2.20. The number of β-amino-alcohol motifs (C(OH)–C–C–N with tert-alkyl or cyclic N) is 1. The van der Waals surface area contributed by atoms with Gasteiger partial charge in [0.15, 0.2) is 0 Å². The molecule has 1 fully saturated rings. The molecule has 3 N–H and O–H groups in total. The second-order valence-electron chi connectivity index (χ2n) is 4.22. The summed E-state index contributed by atoms with van der Waals surface area (Å²) >= 11 is 0. The molecule has 0 spiro atoms. The van der Waals surface area contributed by atoms with Gasteiger partial charge < -0.3 is 20.2 Å². The molecule has 17 heavy (non-hydrogen) atoms. The first kappa shape index (κ1) is 11.9. The van der Waals surface area contributed by atoms with Gasteiger partial charge in [-0.05, 0) is 30.7 Å². The van der Waals surface area contributed by atoms with Crippen LogP contribution in [-0.4, -0.2) is 46.6 Å². The van der Waals surface area contributed by atoms with Crippen LogP contribution in [0.2, 0.25) is 0 Å². The molecular formula is C12H15NO4. The van der Waals surface area contributed by atoms with Crippen molar-refractivity contribution in [3.8, 4) is 0 Å². The second-order valence-corrected chi connectivity index (χ2v) is 4.22. The molecule has 92 valence electrons. The Balaban J connectivity index is 2.10. The van der Waals surface area contributed by atoms with E-state index in [1.54, 1.807) is 12.1 Å². The Bertz CT molecular complexity index is 403. The summed E-state index contributed by atoms with van der Waals surface area (Å²) in [4.78, 5) is 12.6. The van der Waals surface area contributed by atoms with Gasteiger partial charge in [-0.3, -0.25) is 0 Å². The monoisotopic (exact) mass is 237 g/mol. The third-order valence-corrected chi connectivity index (χ3v) is 3.03. The molecule has 1 aliphatic heterocycles. The third kappa shape index (κ3) is 2.57. The maximum atomic E-state index is 10.7. The zero-order valence-corrected chi connectivity index (χ0v) is 9.28. The van der Waals surface area contributed by atoms with Gasteiger partial charge in [0.25, 0.3) is 0 Å². The first-order chi connectivity index (χ1) is 8.08. The Morgan fingerprint density at radius 1 is 1.18 bits per heavy atom. The molecule has 5 heteroatoms. The molecule has 0 unspecified atom stereocenters. The minimum Gasteiger partial charge on any atom is -0.478 e. The molecule has 0 bridgehead atoms. The highest BCUT2D eigenvalue weighted by atomic mass is 16.4. The molecule has 2 rings (SSSR count). The lowest BCUT2D eigenvalue weighted by Crippen LogP contribution is -2.46. The molecule has 1 saturated heterocycles. The molecule has 0 radical (unpaired) electrons. The van der Waals surface area contributed by atoms with E-state index < -0.39 is 18.2 Å². The van der Waals surface area contributed by atoms with Crippen LogP contribution in [0.15, 0.2) is 24.3 Å². The van der Waals surface area contributed by atoms with Crippen molar-refractivity contribution in [1.29, 1.82) is 0 Å². The summed E-state index contributed by atoms with van der Waals surface area (Å²) in [5, 5.41) is 27.7. The molecule has 0 aromatic heterocycles. The smallest absolute Gasteiger partial charge is 0.335 e. The zero-order chi connectivity index (χ0) is 12.4. The second kappa shape index (κ2) is 4.73. The number of aliphatic hydroxyl groups excluding tert-OH is 2. The fraction of sp³-hybridized carbons (Fsp3) is 0.417. The minimum absolute atomic E-state index is 0.242. The van der Waals surface area contributed by atoms with Gasteiger partial charge in [0.1, 0.15) is 0 Å². The standard InChI is InChI=1S/C12H15NO4/c14-10-5-6-13(7-11(10)15)9-3-1-8(2-4-9)12(16)17/h1-4,10-11,14-15H,5-7H2,(H,16,17)/t10-,11+/m0/s1. The van der Waals surface area contributed by atoms with Crippen LogP contribution in [0.1, 0.15) is 16.8 Å². The van der Waals surface area contributed by atoms with Crippen LogP contribution in [0.25, 0.3) is 0 Å². The van der Waals surface area contributed by atoms with Gasteiger partial charge in [0.2, 0.25) is 0 Å². The van der Waals surface area contributed by atoms with Crippen LogP contribution in [0.5, 0.6) is 0 Å². The Hall–Kier alpha value is -1.59. The highest BCUT2D eigenvalue weighted by Gasteiger charge is 2.25. The van der Waals surface area contributed by atoms with Crippen molar-refractivity contribution in [2.75, 3.05) is 18.0 Å². The van der Waals surface area contributed by atoms with Crippen molar-refractivity contribution >= 4 is 11.7 Å². The van der Waals surface area contributed by atoms with Crippen LogP contribution >= 0.6 is 0 Å². The zero-order valence-electron chi connectivity index (χ0n) is 9.28. The molecule has 0 aliphatic carbocycles. The molecule has 1 aromatic rings. The summed E-state index contributed by atoms with van der Waals surface area (Å²) in [6, 6.07) is 6.51. The average Bonchev–Trinajstić information content (AvgIpc) is 2.33. The lowest BCUT2D eigenvalue weighted by atomic mass is 10.0. The van der Waals surface area contributed by atoms with Gasteiger partial charge in [-0.1, -0.05) is 0 Å². The number of carboxylic acids is 1. The largest absolute Gasteiger partial charge is 0.478 e.